The maximum absolute atomic E-state index is 11.7. The lowest BCUT2D eigenvalue weighted by molar-refractivity contribution is -0.157. The highest BCUT2D eigenvalue weighted by Crippen LogP contribution is 2.30. The van der Waals surface area contributed by atoms with Crippen molar-refractivity contribution < 1.29 is 14.3 Å². The number of carbonyl (C=O) groups excluding carboxylic acids is 1. The fraction of sp³-hybridized carbons (Fsp3) is 0.933. The van der Waals surface area contributed by atoms with Gasteiger partial charge in [0, 0.05) is 10.5 Å². The van der Waals surface area contributed by atoms with E-state index in [1.807, 2.05) is 32.5 Å². The van der Waals surface area contributed by atoms with Crippen molar-refractivity contribution in [1.82, 2.24) is 0 Å². The molecule has 19 heavy (non-hydrogen) atoms. The molecule has 0 spiro atoms. The summed E-state index contributed by atoms with van der Waals surface area (Å²) in [7, 11) is 0. The van der Waals surface area contributed by atoms with Crippen molar-refractivity contribution in [2.45, 2.75) is 83.4 Å². The molecule has 0 aromatic rings. The van der Waals surface area contributed by atoms with Crippen molar-refractivity contribution >= 4 is 17.7 Å². The predicted molar refractivity (Wildman–Crippen MR) is 80.6 cm³/mol. The Kier molecular flexibility index (Phi) is 5.75. The number of thioether (sulfide) groups is 1. The third-order valence-corrected chi connectivity index (χ3v) is 4.12. The first kappa shape index (κ1) is 16.8. The first-order valence-electron chi connectivity index (χ1n) is 7.06. The number of hydrogen-bond acceptors (Lipinski definition) is 4. The van der Waals surface area contributed by atoms with Crippen molar-refractivity contribution in [2.75, 3.05) is 5.75 Å². The Morgan fingerprint density at radius 3 is 2.26 bits per heavy atom. The van der Waals surface area contributed by atoms with E-state index in [2.05, 4.69) is 20.8 Å². The summed E-state index contributed by atoms with van der Waals surface area (Å²) in [6.07, 6.45) is 2.73. The Morgan fingerprint density at radius 2 is 1.74 bits per heavy atom. The van der Waals surface area contributed by atoms with Crippen LogP contribution in [0.4, 0.5) is 0 Å². The average Bonchev–Trinajstić information content (AvgIpc) is 2.58. The summed E-state index contributed by atoms with van der Waals surface area (Å²) >= 11 is 1.92. The number of esters is 1. The molecule has 0 amide bonds. The molecule has 1 fully saturated rings. The average molecular weight is 288 g/mol. The van der Waals surface area contributed by atoms with E-state index in [-0.39, 0.29) is 22.9 Å². The van der Waals surface area contributed by atoms with Crippen molar-refractivity contribution in [3.8, 4) is 0 Å². The summed E-state index contributed by atoms with van der Waals surface area (Å²) in [6, 6.07) is 0. The van der Waals surface area contributed by atoms with E-state index < -0.39 is 5.60 Å². The van der Waals surface area contributed by atoms with Crippen LogP contribution in [0.2, 0.25) is 0 Å². The molecule has 112 valence electrons. The van der Waals surface area contributed by atoms with Gasteiger partial charge in [0.05, 0.1) is 18.6 Å². The molecule has 0 aromatic carbocycles. The van der Waals surface area contributed by atoms with Gasteiger partial charge in [-0.3, -0.25) is 4.79 Å². The van der Waals surface area contributed by atoms with Crippen molar-refractivity contribution in [2.24, 2.45) is 0 Å². The zero-order valence-electron chi connectivity index (χ0n) is 13.1. The molecular formula is C15H28O3S. The Labute approximate surface area is 121 Å². The Morgan fingerprint density at radius 1 is 1.16 bits per heavy atom. The smallest absolute Gasteiger partial charge is 0.308 e. The van der Waals surface area contributed by atoms with Crippen LogP contribution in [0.25, 0.3) is 0 Å². The summed E-state index contributed by atoms with van der Waals surface area (Å²) in [5.74, 6) is 0.857. The summed E-state index contributed by atoms with van der Waals surface area (Å²) in [5.41, 5.74) is -0.406. The van der Waals surface area contributed by atoms with Crippen LogP contribution in [-0.2, 0) is 14.3 Å². The van der Waals surface area contributed by atoms with E-state index in [1.54, 1.807) is 0 Å². The van der Waals surface area contributed by atoms with Crippen LogP contribution in [0.1, 0.15) is 60.8 Å². The number of carbonyl (C=O) groups is 1. The quantitative estimate of drug-likeness (QED) is 0.737. The topological polar surface area (TPSA) is 35.5 Å². The van der Waals surface area contributed by atoms with Crippen LogP contribution in [-0.4, -0.2) is 34.3 Å². The zero-order valence-corrected chi connectivity index (χ0v) is 13.9. The molecule has 1 aliphatic heterocycles. The maximum atomic E-state index is 11.7. The summed E-state index contributed by atoms with van der Waals surface area (Å²) in [5, 5.41) is 0. The zero-order chi connectivity index (χ0) is 14.7. The SMILES string of the molecule is CC(C)(C)OC(=O)C[C@H]1CC[C@@H](CSC(C)(C)C)O1. The third-order valence-electron chi connectivity index (χ3n) is 2.71. The summed E-state index contributed by atoms with van der Waals surface area (Å²) < 4.78 is 11.5. The standard InChI is InChI=1S/C15H28O3S/c1-14(2,3)18-13(16)9-11-7-8-12(17-11)10-19-15(4,5)6/h11-12H,7-10H2,1-6H3/t11-,12+/m1/s1. The highest BCUT2D eigenvalue weighted by molar-refractivity contribution is 8.00. The minimum atomic E-state index is -0.406. The molecule has 0 radical (unpaired) electrons. The van der Waals surface area contributed by atoms with Crippen molar-refractivity contribution in [3.63, 3.8) is 0 Å². The molecule has 0 saturated carbocycles. The molecule has 0 bridgehead atoms. The second kappa shape index (κ2) is 6.49. The Hall–Kier alpha value is -0.220. The Bertz CT molecular complexity index is 301. The highest BCUT2D eigenvalue weighted by Gasteiger charge is 2.29. The number of ether oxygens (including phenoxy) is 2. The number of hydrogen-bond donors (Lipinski definition) is 0. The van der Waals surface area contributed by atoms with Gasteiger partial charge in [0.15, 0.2) is 0 Å². The molecule has 1 aliphatic rings. The van der Waals surface area contributed by atoms with Gasteiger partial charge in [-0.05, 0) is 33.6 Å². The van der Waals surface area contributed by atoms with Gasteiger partial charge in [0.2, 0.25) is 0 Å². The predicted octanol–water partition coefficient (Wildman–Crippen LogP) is 3.80. The van der Waals surface area contributed by atoms with Crippen molar-refractivity contribution in [1.29, 1.82) is 0 Å². The second-order valence-electron chi connectivity index (χ2n) is 7.17. The monoisotopic (exact) mass is 288 g/mol. The van der Waals surface area contributed by atoms with Gasteiger partial charge in [-0.25, -0.2) is 0 Å². The highest BCUT2D eigenvalue weighted by atomic mass is 32.2. The number of rotatable bonds is 4. The van der Waals surface area contributed by atoms with E-state index >= 15 is 0 Å². The lowest BCUT2D eigenvalue weighted by Gasteiger charge is -2.22. The first-order chi connectivity index (χ1) is 8.55. The molecule has 1 saturated heterocycles. The van der Waals surface area contributed by atoms with E-state index in [0.29, 0.717) is 6.42 Å². The largest absolute Gasteiger partial charge is 0.460 e. The Balaban J connectivity index is 2.27. The van der Waals surface area contributed by atoms with E-state index in [0.717, 1.165) is 18.6 Å². The molecular weight excluding hydrogens is 260 g/mol. The van der Waals surface area contributed by atoms with Crippen molar-refractivity contribution in [3.05, 3.63) is 0 Å². The van der Waals surface area contributed by atoms with Crippen LogP contribution >= 0.6 is 11.8 Å². The molecule has 0 N–H and O–H groups in total. The molecule has 0 unspecified atom stereocenters. The summed E-state index contributed by atoms with van der Waals surface area (Å²) in [4.78, 5) is 11.7. The molecule has 1 heterocycles. The van der Waals surface area contributed by atoms with Crippen LogP contribution in [0.5, 0.6) is 0 Å². The van der Waals surface area contributed by atoms with Crippen LogP contribution in [0, 0.1) is 0 Å². The van der Waals surface area contributed by atoms with E-state index in [4.69, 9.17) is 9.47 Å². The van der Waals surface area contributed by atoms with Gasteiger partial charge in [0.25, 0.3) is 0 Å². The molecule has 0 aromatic heterocycles. The second-order valence-corrected chi connectivity index (χ2v) is 9.02. The van der Waals surface area contributed by atoms with Crippen LogP contribution in [0.15, 0.2) is 0 Å². The molecule has 1 rings (SSSR count). The lowest BCUT2D eigenvalue weighted by atomic mass is 10.1. The molecule has 0 aliphatic carbocycles. The van der Waals surface area contributed by atoms with E-state index in [1.165, 1.54) is 0 Å². The minimum absolute atomic E-state index is 0.0421. The van der Waals surface area contributed by atoms with E-state index in [9.17, 15) is 4.79 Å². The molecule has 4 heteroatoms. The van der Waals surface area contributed by atoms with Gasteiger partial charge in [-0.1, -0.05) is 20.8 Å². The lowest BCUT2D eigenvalue weighted by Crippen LogP contribution is -2.27. The van der Waals surface area contributed by atoms with Gasteiger partial charge in [0.1, 0.15) is 5.60 Å². The van der Waals surface area contributed by atoms with Gasteiger partial charge in [-0.15, -0.1) is 0 Å². The summed E-state index contributed by atoms with van der Waals surface area (Å²) in [6.45, 7) is 12.3. The normalized spacial score (nSPS) is 24.5. The van der Waals surface area contributed by atoms with Crippen LogP contribution < -0.4 is 0 Å². The fourth-order valence-electron chi connectivity index (χ4n) is 1.96. The van der Waals surface area contributed by atoms with Gasteiger partial charge in [-0.2, -0.15) is 11.8 Å². The van der Waals surface area contributed by atoms with Crippen LogP contribution in [0.3, 0.4) is 0 Å². The maximum Gasteiger partial charge on any atom is 0.308 e. The first-order valence-corrected chi connectivity index (χ1v) is 8.05. The third kappa shape index (κ3) is 7.83. The minimum Gasteiger partial charge on any atom is -0.460 e. The van der Waals surface area contributed by atoms with Gasteiger partial charge < -0.3 is 9.47 Å². The van der Waals surface area contributed by atoms with Gasteiger partial charge >= 0.3 is 5.97 Å². The fourth-order valence-corrected chi connectivity index (χ4v) is 2.90. The molecule has 3 nitrogen and oxygen atoms in total. The molecule has 2 atom stereocenters.